The Kier molecular flexibility index (Phi) is 6.85. The molecule has 0 saturated heterocycles. The highest BCUT2D eigenvalue weighted by Crippen LogP contribution is 2.39. The summed E-state index contributed by atoms with van der Waals surface area (Å²) in [7, 11) is 0. The Hall–Kier alpha value is -6.78. The lowest BCUT2D eigenvalue weighted by atomic mass is 9.97. The van der Waals surface area contributed by atoms with E-state index in [0.29, 0.717) is 5.84 Å². The molecule has 240 valence electrons. The van der Waals surface area contributed by atoms with Crippen molar-refractivity contribution in [1.82, 2.24) is 5.32 Å². The van der Waals surface area contributed by atoms with Crippen molar-refractivity contribution in [3.05, 3.63) is 193 Å². The molecule has 1 N–H and O–H groups in total. The van der Waals surface area contributed by atoms with Gasteiger partial charge in [0.05, 0.1) is 0 Å². The van der Waals surface area contributed by atoms with Gasteiger partial charge in [-0.05, 0) is 73.6 Å². The molecule has 0 bridgehead atoms. The van der Waals surface area contributed by atoms with Gasteiger partial charge in [0.1, 0.15) is 23.2 Å². The Bertz CT molecular complexity index is 2820. The van der Waals surface area contributed by atoms with E-state index in [-0.39, 0.29) is 6.17 Å². The van der Waals surface area contributed by atoms with E-state index in [2.05, 4.69) is 157 Å². The number of aliphatic imine (C=N–C) groups is 2. The zero-order valence-electron chi connectivity index (χ0n) is 27.6. The fourth-order valence-corrected chi connectivity index (χ4v) is 7.35. The third kappa shape index (κ3) is 5.17. The van der Waals surface area contributed by atoms with E-state index in [1.807, 2.05) is 24.3 Å². The molecule has 51 heavy (non-hydrogen) atoms. The molecule has 9 aromatic rings. The van der Waals surface area contributed by atoms with Crippen LogP contribution in [0.2, 0.25) is 0 Å². The summed E-state index contributed by atoms with van der Waals surface area (Å²) in [5.41, 5.74) is 9.41. The summed E-state index contributed by atoms with van der Waals surface area (Å²) >= 11 is 0. The molecular weight excluding hydrogens is 623 g/mol. The second-order valence-corrected chi connectivity index (χ2v) is 13.0. The van der Waals surface area contributed by atoms with E-state index >= 15 is 0 Å². The molecule has 1 aliphatic rings. The average molecular weight is 654 g/mol. The zero-order chi connectivity index (χ0) is 33.7. The van der Waals surface area contributed by atoms with E-state index in [1.54, 1.807) is 0 Å². The molecule has 0 saturated carbocycles. The van der Waals surface area contributed by atoms with Crippen LogP contribution in [0.1, 0.15) is 22.9 Å². The van der Waals surface area contributed by atoms with E-state index < -0.39 is 0 Å². The first-order valence-electron chi connectivity index (χ1n) is 17.3. The number of nitrogens with zero attached hydrogens (tertiary/aromatic N) is 2. The second kappa shape index (κ2) is 12.0. The first-order valence-corrected chi connectivity index (χ1v) is 17.3. The SMILES string of the molecule is c1ccc(C2=NC(c3ccc(-c4cccc5oc6cc(-c7ccccc7)ccc6c45)cc3)NC(c3ccc4ccc5ccccc5c4c3)=N2)cc1. The topological polar surface area (TPSA) is 49.9 Å². The highest BCUT2D eigenvalue weighted by molar-refractivity contribution is 6.16. The first-order chi connectivity index (χ1) is 25.2. The summed E-state index contributed by atoms with van der Waals surface area (Å²) in [6, 6.07) is 61.7. The van der Waals surface area contributed by atoms with Gasteiger partial charge in [-0.1, -0.05) is 152 Å². The predicted octanol–water partition coefficient (Wildman–Crippen LogP) is 11.7. The van der Waals surface area contributed by atoms with Gasteiger partial charge in [-0.2, -0.15) is 0 Å². The van der Waals surface area contributed by atoms with Crippen LogP contribution >= 0.6 is 0 Å². The van der Waals surface area contributed by atoms with Crippen LogP contribution in [0.3, 0.4) is 0 Å². The summed E-state index contributed by atoms with van der Waals surface area (Å²) in [6.45, 7) is 0. The summed E-state index contributed by atoms with van der Waals surface area (Å²) in [4.78, 5) is 10.2. The van der Waals surface area contributed by atoms with Gasteiger partial charge in [-0.15, -0.1) is 0 Å². The Balaban J connectivity index is 1.02. The molecule has 8 aromatic carbocycles. The summed E-state index contributed by atoms with van der Waals surface area (Å²) in [5.74, 6) is 1.51. The fourth-order valence-electron chi connectivity index (χ4n) is 7.35. The molecule has 4 nitrogen and oxygen atoms in total. The van der Waals surface area contributed by atoms with Crippen LogP contribution in [0, 0.1) is 0 Å². The third-order valence-corrected chi connectivity index (χ3v) is 9.94. The Morgan fingerprint density at radius 2 is 1.14 bits per heavy atom. The molecule has 0 fully saturated rings. The maximum absolute atomic E-state index is 6.41. The molecule has 10 rings (SSSR count). The molecule has 2 heterocycles. The smallest absolute Gasteiger partial charge is 0.159 e. The van der Waals surface area contributed by atoms with Crippen molar-refractivity contribution in [3.8, 4) is 22.3 Å². The van der Waals surface area contributed by atoms with Crippen molar-refractivity contribution in [3.63, 3.8) is 0 Å². The maximum Gasteiger partial charge on any atom is 0.159 e. The quantitative estimate of drug-likeness (QED) is 0.188. The minimum atomic E-state index is -0.313. The summed E-state index contributed by atoms with van der Waals surface area (Å²) < 4.78 is 6.41. The summed E-state index contributed by atoms with van der Waals surface area (Å²) in [5, 5.41) is 10.8. The van der Waals surface area contributed by atoms with E-state index in [1.165, 1.54) is 27.1 Å². The normalized spacial score (nSPS) is 14.5. The minimum Gasteiger partial charge on any atom is -0.456 e. The van der Waals surface area contributed by atoms with Crippen LogP contribution in [0.15, 0.2) is 190 Å². The van der Waals surface area contributed by atoms with Crippen LogP contribution in [0.5, 0.6) is 0 Å². The van der Waals surface area contributed by atoms with Gasteiger partial charge < -0.3 is 9.73 Å². The van der Waals surface area contributed by atoms with Crippen molar-refractivity contribution >= 4 is 55.2 Å². The monoisotopic (exact) mass is 653 g/mol. The second-order valence-electron chi connectivity index (χ2n) is 13.0. The molecule has 0 spiro atoms. The lowest BCUT2D eigenvalue weighted by Crippen LogP contribution is -2.33. The van der Waals surface area contributed by atoms with Crippen molar-refractivity contribution in [2.75, 3.05) is 0 Å². The average Bonchev–Trinajstić information content (AvgIpc) is 3.59. The van der Waals surface area contributed by atoms with Crippen LogP contribution in [0.4, 0.5) is 0 Å². The van der Waals surface area contributed by atoms with Gasteiger partial charge in [0.2, 0.25) is 0 Å². The van der Waals surface area contributed by atoms with Crippen LogP contribution in [-0.4, -0.2) is 11.7 Å². The molecular formula is C47H31N3O. The molecule has 1 aromatic heterocycles. The molecule has 4 heteroatoms. The maximum atomic E-state index is 6.41. The number of hydrogen-bond acceptors (Lipinski definition) is 4. The minimum absolute atomic E-state index is 0.313. The van der Waals surface area contributed by atoms with Crippen LogP contribution in [-0.2, 0) is 0 Å². The number of hydrogen-bond donors (Lipinski definition) is 1. The number of rotatable bonds is 5. The highest BCUT2D eigenvalue weighted by Gasteiger charge is 2.22. The lowest BCUT2D eigenvalue weighted by molar-refractivity contribution is 0.669. The molecule has 1 atom stereocenters. The number of nitrogens with one attached hydrogen (secondary N) is 1. The van der Waals surface area contributed by atoms with Gasteiger partial charge in [0, 0.05) is 21.9 Å². The van der Waals surface area contributed by atoms with Gasteiger partial charge >= 0.3 is 0 Å². The number of amidine groups is 2. The van der Waals surface area contributed by atoms with Gasteiger partial charge in [0.25, 0.3) is 0 Å². The van der Waals surface area contributed by atoms with Crippen molar-refractivity contribution in [2.45, 2.75) is 6.17 Å². The number of furan rings is 1. The molecule has 1 unspecified atom stereocenters. The largest absolute Gasteiger partial charge is 0.456 e. The van der Waals surface area contributed by atoms with Crippen molar-refractivity contribution < 1.29 is 4.42 Å². The van der Waals surface area contributed by atoms with Crippen molar-refractivity contribution in [1.29, 1.82) is 0 Å². The van der Waals surface area contributed by atoms with E-state index in [4.69, 9.17) is 14.4 Å². The summed E-state index contributed by atoms with van der Waals surface area (Å²) in [6.07, 6.45) is -0.313. The molecule has 1 aliphatic heterocycles. The van der Waals surface area contributed by atoms with Crippen LogP contribution < -0.4 is 5.32 Å². The Morgan fingerprint density at radius 1 is 0.451 bits per heavy atom. The molecule has 0 radical (unpaired) electrons. The third-order valence-electron chi connectivity index (χ3n) is 9.94. The van der Waals surface area contributed by atoms with Gasteiger partial charge in [-0.3, -0.25) is 0 Å². The van der Waals surface area contributed by atoms with Crippen LogP contribution in [0.25, 0.3) is 65.7 Å². The standard InChI is InChI=1S/C47H31N3O/c1-3-10-30(11-4-1)36-26-27-40-43(29-36)51-42-17-9-16-39(44(40)42)32-20-23-35(24-21-32)46-48-45(34-13-5-2-6-14-34)49-47(50-46)37-25-22-33-19-18-31-12-7-8-15-38(31)41(33)28-37/h1-29,46H,(H,48,49,50). The lowest BCUT2D eigenvalue weighted by Gasteiger charge is -2.24. The molecule has 0 aliphatic carbocycles. The number of benzene rings is 8. The predicted molar refractivity (Wildman–Crippen MR) is 211 cm³/mol. The van der Waals surface area contributed by atoms with Gasteiger partial charge in [-0.25, -0.2) is 9.98 Å². The molecule has 0 amide bonds. The first kappa shape index (κ1) is 29.2. The fraction of sp³-hybridized carbons (Fsp3) is 0.0213. The van der Waals surface area contributed by atoms with Gasteiger partial charge in [0.15, 0.2) is 5.84 Å². The van der Waals surface area contributed by atoms with Crippen molar-refractivity contribution in [2.24, 2.45) is 9.98 Å². The van der Waals surface area contributed by atoms with E-state index in [0.717, 1.165) is 61.2 Å². The Morgan fingerprint density at radius 3 is 1.96 bits per heavy atom. The Labute approximate surface area is 295 Å². The number of fused-ring (bicyclic) bond motifs is 6. The zero-order valence-corrected chi connectivity index (χ0v) is 27.6. The highest BCUT2D eigenvalue weighted by atomic mass is 16.3. The van der Waals surface area contributed by atoms with E-state index in [9.17, 15) is 0 Å².